The highest BCUT2D eigenvalue weighted by Gasteiger charge is 2.11. The Balaban J connectivity index is 1.56. The van der Waals surface area contributed by atoms with E-state index in [9.17, 15) is 9.59 Å². The molecule has 0 spiro atoms. The van der Waals surface area contributed by atoms with Crippen LogP contribution in [0.25, 0.3) is 10.6 Å². The first-order chi connectivity index (χ1) is 13.8. The Hall–Kier alpha value is -3.00. The molecule has 0 atom stereocenters. The summed E-state index contributed by atoms with van der Waals surface area (Å²) in [6.07, 6.45) is 0. The Kier molecular flexibility index (Phi) is 6.43. The number of aryl methyl sites for hydroxylation is 4. The van der Waals surface area contributed by atoms with Gasteiger partial charge in [-0.1, -0.05) is 12.1 Å². The molecule has 1 amide bonds. The number of carbonyl (C=O) groups excluding carboxylic acids is 1. The first-order valence-electron chi connectivity index (χ1n) is 9.33. The quantitative estimate of drug-likeness (QED) is 0.645. The average molecular weight is 413 g/mol. The highest BCUT2D eigenvalue weighted by atomic mass is 32.1. The number of carbonyl (C=O) groups is 1. The molecular weight excluding hydrogens is 388 g/mol. The number of thiazole rings is 1. The third-order valence-electron chi connectivity index (χ3n) is 4.35. The molecule has 2 aromatic heterocycles. The molecule has 1 N–H and O–H groups in total. The van der Waals surface area contributed by atoms with Gasteiger partial charge in [0.25, 0.3) is 11.5 Å². The van der Waals surface area contributed by atoms with Gasteiger partial charge in [0.05, 0.1) is 22.1 Å². The Morgan fingerprint density at radius 1 is 1.17 bits per heavy atom. The van der Waals surface area contributed by atoms with Crippen molar-refractivity contribution in [1.29, 1.82) is 0 Å². The van der Waals surface area contributed by atoms with E-state index in [1.807, 2.05) is 45.9 Å². The van der Waals surface area contributed by atoms with E-state index in [0.29, 0.717) is 11.4 Å². The minimum Gasteiger partial charge on any atom is -0.483 e. The number of rotatable bonds is 7. The molecule has 3 aromatic rings. The summed E-state index contributed by atoms with van der Waals surface area (Å²) < 4.78 is 6.95. The van der Waals surface area contributed by atoms with Crippen molar-refractivity contribution in [3.63, 3.8) is 0 Å². The van der Waals surface area contributed by atoms with Crippen molar-refractivity contribution in [1.82, 2.24) is 20.1 Å². The van der Waals surface area contributed by atoms with E-state index in [-0.39, 0.29) is 31.2 Å². The summed E-state index contributed by atoms with van der Waals surface area (Å²) in [4.78, 5) is 29.5. The van der Waals surface area contributed by atoms with Gasteiger partial charge in [-0.2, -0.15) is 5.10 Å². The van der Waals surface area contributed by atoms with Crippen molar-refractivity contribution < 1.29 is 9.53 Å². The van der Waals surface area contributed by atoms with Crippen LogP contribution in [0.5, 0.6) is 5.75 Å². The third kappa shape index (κ3) is 5.29. The summed E-state index contributed by atoms with van der Waals surface area (Å²) >= 11 is 1.54. The van der Waals surface area contributed by atoms with Gasteiger partial charge in [-0.15, -0.1) is 11.3 Å². The van der Waals surface area contributed by atoms with E-state index >= 15 is 0 Å². The van der Waals surface area contributed by atoms with Gasteiger partial charge in [0.1, 0.15) is 11.4 Å². The largest absolute Gasteiger partial charge is 0.483 e. The molecule has 0 saturated carbocycles. The molecule has 0 saturated heterocycles. The number of benzene rings is 1. The van der Waals surface area contributed by atoms with Gasteiger partial charge in [-0.25, -0.2) is 9.67 Å². The first kappa shape index (κ1) is 20.7. The minimum absolute atomic E-state index is 0.0774. The van der Waals surface area contributed by atoms with Crippen LogP contribution in [0.4, 0.5) is 0 Å². The van der Waals surface area contributed by atoms with Gasteiger partial charge in [-0.05, 0) is 51.0 Å². The maximum Gasteiger partial charge on any atom is 0.266 e. The number of aromatic nitrogens is 3. The lowest BCUT2D eigenvalue weighted by Gasteiger charge is -2.11. The first-order valence-corrected chi connectivity index (χ1v) is 10.1. The van der Waals surface area contributed by atoms with Crippen LogP contribution in [-0.4, -0.2) is 33.8 Å². The SMILES string of the molecule is Cc1ccc(C)c(OCC(=O)NCCn2nc(-c3sc(C)nc3C)ccc2=O)c1. The maximum atomic E-state index is 12.1. The summed E-state index contributed by atoms with van der Waals surface area (Å²) in [5, 5.41) is 8.14. The zero-order valence-corrected chi connectivity index (χ0v) is 17.8. The molecule has 0 bridgehead atoms. The molecule has 0 unspecified atom stereocenters. The lowest BCUT2D eigenvalue weighted by atomic mass is 10.1. The molecule has 0 radical (unpaired) electrons. The molecule has 2 heterocycles. The van der Waals surface area contributed by atoms with Gasteiger partial charge in [-0.3, -0.25) is 9.59 Å². The third-order valence-corrected chi connectivity index (χ3v) is 5.45. The highest BCUT2D eigenvalue weighted by Crippen LogP contribution is 2.27. The van der Waals surface area contributed by atoms with E-state index in [1.54, 1.807) is 17.4 Å². The molecule has 1 aromatic carbocycles. The molecule has 3 rings (SSSR count). The van der Waals surface area contributed by atoms with E-state index in [4.69, 9.17) is 4.74 Å². The van der Waals surface area contributed by atoms with Crippen molar-refractivity contribution in [2.24, 2.45) is 0 Å². The van der Waals surface area contributed by atoms with Gasteiger partial charge in [0, 0.05) is 12.6 Å². The lowest BCUT2D eigenvalue weighted by molar-refractivity contribution is -0.123. The van der Waals surface area contributed by atoms with E-state index in [2.05, 4.69) is 15.4 Å². The normalized spacial score (nSPS) is 10.8. The zero-order valence-electron chi connectivity index (χ0n) is 17.0. The summed E-state index contributed by atoms with van der Waals surface area (Å²) in [6, 6.07) is 9.05. The Labute approximate surface area is 173 Å². The smallest absolute Gasteiger partial charge is 0.266 e. The van der Waals surface area contributed by atoms with E-state index in [1.165, 1.54) is 10.7 Å². The van der Waals surface area contributed by atoms with Crippen molar-refractivity contribution in [3.05, 3.63) is 62.5 Å². The van der Waals surface area contributed by atoms with Gasteiger partial charge < -0.3 is 10.1 Å². The molecule has 7 nitrogen and oxygen atoms in total. The summed E-state index contributed by atoms with van der Waals surface area (Å²) in [5.74, 6) is 0.449. The van der Waals surface area contributed by atoms with Gasteiger partial charge in [0.15, 0.2) is 6.61 Å². The molecule has 0 aliphatic rings. The predicted octanol–water partition coefficient (Wildman–Crippen LogP) is 2.80. The second-order valence-electron chi connectivity index (χ2n) is 6.83. The van der Waals surface area contributed by atoms with Crippen LogP contribution in [0.3, 0.4) is 0 Å². The van der Waals surface area contributed by atoms with Crippen molar-refractivity contribution in [2.75, 3.05) is 13.2 Å². The molecule has 0 aliphatic heterocycles. The molecule has 29 heavy (non-hydrogen) atoms. The molecule has 152 valence electrons. The molecule has 0 aliphatic carbocycles. The molecular formula is C21H24N4O3S. The highest BCUT2D eigenvalue weighted by molar-refractivity contribution is 7.15. The maximum absolute atomic E-state index is 12.1. The summed E-state index contributed by atoms with van der Waals surface area (Å²) in [6.45, 7) is 8.25. The Bertz CT molecular complexity index is 1090. The van der Waals surface area contributed by atoms with Crippen LogP contribution in [0.15, 0.2) is 35.1 Å². The van der Waals surface area contributed by atoms with Crippen LogP contribution >= 0.6 is 11.3 Å². The minimum atomic E-state index is -0.246. The van der Waals surface area contributed by atoms with Crippen molar-refractivity contribution in [2.45, 2.75) is 34.2 Å². The Morgan fingerprint density at radius 2 is 1.97 bits per heavy atom. The lowest BCUT2D eigenvalue weighted by Crippen LogP contribution is -2.34. The summed E-state index contributed by atoms with van der Waals surface area (Å²) in [5.41, 5.74) is 3.43. The fraction of sp³-hybridized carbons (Fsp3) is 0.333. The standard InChI is InChI=1S/C21H24N4O3S/c1-13-5-6-14(2)18(11-13)28-12-19(26)22-9-10-25-20(27)8-7-17(24-25)21-15(3)23-16(4)29-21/h5-8,11H,9-10,12H2,1-4H3,(H,22,26). The average Bonchev–Trinajstić information content (AvgIpc) is 3.02. The molecule has 0 fully saturated rings. The van der Waals surface area contributed by atoms with E-state index in [0.717, 1.165) is 26.7 Å². The fourth-order valence-electron chi connectivity index (χ4n) is 2.86. The van der Waals surface area contributed by atoms with Crippen molar-refractivity contribution in [3.8, 4) is 16.3 Å². The predicted molar refractivity (Wildman–Crippen MR) is 113 cm³/mol. The fourth-order valence-corrected chi connectivity index (χ4v) is 3.74. The zero-order chi connectivity index (χ0) is 21.0. The summed E-state index contributed by atoms with van der Waals surface area (Å²) in [7, 11) is 0. The number of amides is 1. The van der Waals surface area contributed by atoms with Crippen LogP contribution in [-0.2, 0) is 11.3 Å². The Morgan fingerprint density at radius 3 is 2.69 bits per heavy atom. The molecule has 8 heteroatoms. The number of ether oxygens (including phenoxy) is 1. The van der Waals surface area contributed by atoms with Crippen molar-refractivity contribution >= 4 is 17.2 Å². The van der Waals surface area contributed by atoms with Gasteiger partial charge in [0.2, 0.25) is 0 Å². The number of nitrogens with one attached hydrogen (secondary N) is 1. The van der Waals surface area contributed by atoms with E-state index < -0.39 is 0 Å². The monoisotopic (exact) mass is 412 g/mol. The topological polar surface area (TPSA) is 86.1 Å². The number of hydrogen-bond donors (Lipinski definition) is 1. The van der Waals surface area contributed by atoms with Crippen LogP contribution < -0.4 is 15.6 Å². The van der Waals surface area contributed by atoms with Crippen LogP contribution in [0, 0.1) is 27.7 Å². The van der Waals surface area contributed by atoms with Gasteiger partial charge >= 0.3 is 0 Å². The second kappa shape index (κ2) is 9.00. The second-order valence-corrected chi connectivity index (χ2v) is 8.04. The number of nitrogens with zero attached hydrogens (tertiary/aromatic N) is 3. The van der Waals surface area contributed by atoms with Crippen LogP contribution in [0.1, 0.15) is 21.8 Å². The number of hydrogen-bond acceptors (Lipinski definition) is 6. The van der Waals surface area contributed by atoms with Crippen LogP contribution in [0.2, 0.25) is 0 Å².